The van der Waals surface area contributed by atoms with Gasteiger partial charge in [-0.25, -0.2) is 0 Å². The summed E-state index contributed by atoms with van der Waals surface area (Å²) in [7, 11) is 0. The number of carbonyl (C=O) groups excluding carboxylic acids is 1. The highest BCUT2D eigenvalue weighted by Gasteiger charge is 2.34. The summed E-state index contributed by atoms with van der Waals surface area (Å²) < 4.78 is 0. The molecular weight excluding hydrogens is 206 g/mol. The molecule has 0 heterocycles. The van der Waals surface area contributed by atoms with Crippen molar-refractivity contribution in [2.24, 2.45) is 5.92 Å². The van der Waals surface area contributed by atoms with Crippen LogP contribution in [0.1, 0.15) is 26.7 Å². The van der Waals surface area contributed by atoms with E-state index in [9.17, 15) is 4.79 Å². The second kappa shape index (κ2) is 3.57. The summed E-state index contributed by atoms with van der Waals surface area (Å²) in [4.78, 5) is 11.2. The Kier molecular flexibility index (Phi) is 2.93. The molecule has 0 bridgehead atoms. The fourth-order valence-corrected chi connectivity index (χ4v) is 1.11. The number of amides is 1. The van der Waals surface area contributed by atoms with Gasteiger partial charge in [0.15, 0.2) is 0 Å². The van der Waals surface area contributed by atoms with E-state index in [0.29, 0.717) is 12.0 Å². The molecule has 11 heavy (non-hydrogen) atoms. The Bertz CT molecular complexity index is 160. The van der Waals surface area contributed by atoms with E-state index < -0.39 is 0 Å². The minimum Gasteiger partial charge on any atom is -0.352 e. The van der Waals surface area contributed by atoms with Gasteiger partial charge < -0.3 is 5.32 Å². The van der Waals surface area contributed by atoms with Gasteiger partial charge in [-0.3, -0.25) is 4.79 Å². The van der Waals surface area contributed by atoms with Crippen LogP contribution in [-0.2, 0) is 4.79 Å². The first kappa shape index (κ1) is 9.04. The first-order chi connectivity index (χ1) is 5.15. The molecule has 2 nitrogen and oxygen atoms in total. The van der Waals surface area contributed by atoms with Crippen molar-refractivity contribution >= 4 is 21.8 Å². The molecule has 1 N–H and O–H groups in total. The smallest absolute Gasteiger partial charge is 0.233 e. The van der Waals surface area contributed by atoms with E-state index in [4.69, 9.17) is 0 Å². The fourth-order valence-electron chi connectivity index (χ4n) is 0.982. The lowest BCUT2D eigenvalue weighted by Crippen LogP contribution is -2.33. The van der Waals surface area contributed by atoms with E-state index in [-0.39, 0.29) is 10.7 Å². The summed E-state index contributed by atoms with van der Waals surface area (Å²) in [5.41, 5.74) is 0. The van der Waals surface area contributed by atoms with Crippen LogP contribution in [0.25, 0.3) is 0 Å². The molecule has 0 aromatic heterocycles. The van der Waals surface area contributed by atoms with Crippen LogP contribution < -0.4 is 5.32 Å². The summed E-state index contributed by atoms with van der Waals surface area (Å²) in [6, 6.07) is 0.453. The molecule has 3 heteroatoms. The normalized spacial score (nSPS) is 31.2. The SMILES string of the molecule is CCC(Br)C(=O)NC1CC1C. The number of hydrogen-bond donors (Lipinski definition) is 1. The Morgan fingerprint density at radius 1 is 1.82 bits per heavy atom. The number of halogens is 1. The fraction of sp³-hybridized carbons (Fsp3) is 0.875. The van der Waals surface area contributed by atoms with Crippen LogP contribution in [0.2, 0.25) is 0 Å². The molecule has 64 valence electrons. The van der Waals surface area contributed by atoms with Crippen molar-refractivity contribution in [2.75, 3.05) is 0 Å². The predicted molar refractivity (Wildman–Crippen MR) is 48.7 cm³/mol. The lowest BCUT2D eigenvalue weighted by Gasteiger charge is -2.06. The Morgan fingerprint density at radius 3 is 2.73 bits per heavy atom. The van der Waals surface area contributed by atoms with Crippen molar-refractivity contribution in [2.45, 2.75) is 37.6 Å². The van der Waals surface area contributed by atoms with Crippen molar-refractivity contribution in [1.82, 2.24) is 5.32 Å². The van der Waals surface area contributed by atoms with Crippen LogP contribution in [0.3, 0.4) is 0 Å². The molecule has 3 atom stereocenters. The maximum atomic E-state index is 11.2. The zero-order chi connectivity index (χ0) is 8.43. The van der Waals surface area contributed by atoms with Gasteiger partial charge in [-0.05, 0) is 18.8 Å². The number of hydrogen-bond acceptors (Lipinski definition) is 1. The molecule has 3 unspecified atom stereocenters. The van der Waals surface area contributed by atoms with Crippen LogP contribution in [0, 0.1) is 5.92 Å². The molecule has 0 spiro atoms. The van der Waals surface area contributed by atoms with Gasteiger partial charge in [0.05, 0.1) is 4.83 Å². The summed E-state index contributed by atoms with van der Waals surface area (Å²) in [5.74, 6) is 0.831. The molecule has 1 aliphatic carbocycles. The Balaban J connectivity index is 2.21. The van der Waals surface area contributed by atoms with E-state index in [2.05, 4.69) is 28.2 Å². The first-order valence-corrected chi connectivity index (χ1v) is 5.01. The van der Waals surface area contributed by atoms with E-state index in [1.54, 1.807) is 0 Å². The second-order valence-corrected chi connectivity index (χ2v) is 4.31. The van der Waals surface area contributed by atoms with Crippen molar-refractivity contribution in [3.05, 3.63) is 0 Å². The lowest BCUT2D eigenvalue weighted by molar-refractivity contribution is -0.120. The van der Waals surface area contributed by atoms with Gasteiger partial charge in [0.2, 0.25) is 5.91 Å². The minimum atomic E-state index is -0.00435. The summed E-state index contributed by atoms with van der Waals surface area (Å²) in [5, 5.41) is 2.97. The molecule has 0 aromatic rings. The monoisotopic (exact) mass is 219 g/mol. The van der Waals surface area contributed by atoms with Gasteiger partial charge in [0.1, 0.15) is 0 Å². The summed E-state index contributed by atoms with van der Waals surface area (Å²) in [6.45, 7) is 4.15. The third-order valence-corrected chi connectivity index (χ3v) is 3.14. The lowest BCUT2D eigenvalue weighted by atomic mass is 10.3. The van der Waals surface area contributed by atoms with E-state index in [1.807, 2.05) is 6.92 Å². The van der Waals surface area contributed by atoms with Crippen LogP contribution in [0.5, 0.6) is 0 Å². The van der Waals surface area contributed by atoms with Crippen LogP contribution >= 0.6 is 15.9 Å². The predicted octanol–water partition coefficient (Wildman–Crippen LogP) is 1.68. The van der Waals surface area contributed by atoms with E-state index in [0.717, 1.165) is 12.8 Å². The van der Waals surface area contributed by atoms with Crippen molar-refractivity contribution in [1.29, 1.82) is 0 Å². The third-order valence-electron chi connectivity index (χ3n) is 2.08. The molecule has 0 aliphatic heterocycles. The van der Waals surface area contributed by atoms with Gasteiger partial charge in [-0.2, -0.15) is 0 Å². The largest absolute Gasteiger partial charge is 0.352 e. The molecule has 0 aromatic carbocycles. The minimum absolute atomic E-state index is 0.00435. The molecule has 1 amide bonds. The Morgan fingerprint density at radius 2 is 2.36 bits per heavy atom. The summed E-state index contributed by atoms with van der Waals surface area (Å²) in [6.07, 6.45) is 2.00. The molecule has 0 radical (unpaired) electrons. The number of alkyl halides is 1. The highest BCUT2D eigenvalue weighted by atomic mass is 79.9. The number of rotatable bonds is 3. The molecule has 1 rings (SSSR count). The zero-order valence-corrected chi connectivity index (χ0v) is 8.52. The van der Waals surface area contributed by atoms with Crippen molar-refractivity contribution < 1.29 is 4.79 Å². The molecular formula is C8H14BrNO. The second-order valence-electron chi connectivity index (χ2n) is 3.20. The topological polar surface area (TPSA) is 29.1 Å². The third kappa shape index (κ3) is 2.47. The van der Waals surface area contributed by atoms with Crippen molar-refractivity contribution in [3.8, 4) is 0 Å². The molecule has 1 saturated carbocycles. The maximum Gasteiger partial charge on any atom is 0.233 e. The van der Waals surface area contributed by atoms with Gasteiger partial charge in [0, 0.05) is 6.04 Å². The van der Waals surface area contributed by atoms with Gasteiger partial charge >= 0.3 is 0 Å². The summed E-state index contributed by atoms with van der Waals surface area (Å²) >= 11 is 3.31. The molecule has 1 aliphatic rings. The molecule has 1 fully saturated rings. The number of carbonyl (C=O) groups is 1. The van der Waals surface area contributed by atoms with E-state index in [1.165, 1.54) is 0 Å². The quantitative estimate of drug-likeness (QED) is 0.720. The van der Waals surface area contributed by atoms with Gasteiger partial charge in [0.25, 0.3) is 0 Å². The highest BCUT2D eigenvalue weighted by Crippen LogP contribution is 2.29. The standard InChI is InChI=1S/C8H14BrNO/c1-3-6(9)8(11)10-7-4-5(7)2/h5-7H,3-4H2,1-2H3,(H,10,11). The number of nitrogens with one attached hydrogen (secondary N) is 1. The van der Waals surface area contributed by atoms with Crippen LogP contribution in [0.4, 0.5) is 0 Å². The average Bonchev–Trinajstić information content (AvgIpc) is 2.65. The van der Waals surface area contributed by atoms with Crippen LogP contribution in [0.15, 0.2) is 0 Å². The van der Waals surface area contributed by atoms with Crippen LogP contribution in [-0.4, -0.2) is 16.8 Å². The Hall–Kier alpha value is -0.0500. The Labute approximate surface area is 75.9 Å². The average molecular weight is 220 g/mol. The van der Waals surface area contributed by atoms with Gasteiger partial charge in [-0.1, -0.05) is 29.8 Å². The van der Waals surface area contributed by atoms with E-state index >= 15 is 0 Å². The maximum absolute atomic E-state index is 11.2. The van der Waals surface area contributed by atoms with Crippen molar-refractivity contribution in [3.63, 3.8) is 0 Å². The highest BCUT2D eigenvalue weighted by molar-refractivity contribution is 9.10. The molecule has 0 saturated heterocycles. The van der Waals surface area contributed by atoms with Gasteiger partial charge in [-0.15, -0.1) is 0 Å². The first-order valence-electron chi connectivity index (χ1n) is 4.09. The zero-order valence-electron chi connectivity index (χ0n) is 6.93.